The van der Waals surface area contributed by atoms with Crippen molar-refractivity contribution in [3.05, 3.63) is 0 Å². The van der Waals surface area contributed by atoms with Gasteiger partial charge in [0.25, 0.3) is 0 Å². The molecule has 1 N–H and O–H groups in total. The molecule has 0 unspecified atom stereocenters. The van der Waals surface area contributed by atoms with Crippen LogP contribution in [0.1, 0.15) is 26.7 Å². The standard InChI is InChI=1S/C9H18N2O.ClH/c1-3-4-9(12)11-6-5-10-7-8(11)2;/h8,10H,3-7H2,1-2H3;1H/t8-;/m1./s1. The zero-order chi connectivity index (χ0) is 8.97. The number of hydrogen-bond donors (Lipinski definition) is 1. The first-order chi connectivity index (χ1) is 5.75. The van der Waals surface area contributed by atoms with Crippen LogP contribution in [0, 0.1) is 0 Å². The van der Waals surface area contributed by atoms with Gasteiger partial charge >= 0.3 is 0 Å². The fraction of sp³-hybridized carbons (Fsp3) is 0.889. The summed E-state index contributed by atoms with van der Waals surface area (Å²) in [5, 5.41) is 3.27. The van der Waals surface area contributed by atoms with Gasteiger partial charge < -0.3 is 10.2 Å². The summed E-state index contributed by atoms with van der Waals surface area (Å²) >= 11 is 0. The van der Waals surface area contributed by atoms with Gasteiger partial charge in [-0.3, -0.25) is 4.79 Å². The van der Waals surface area contributed by atoms with Crippen molar-refractivity contribution in [1.82, 2.24) is 10.2 Å². The predicted molar refractivity (Wildman–Crippen MR) is 56.2 cm³/mol. The highest BCUT2D eigenvalue weighted by atomic mass is 35.5. The van der Waals surface area contributed by atoms with Gasteiger partial charge in [-0.2, -0.15) is 0 Å². The lowest BCUT2D eigenvalue weighted by Crippen LogP contribution is -2.52. The molecule has 3 nitrogen and oxygen atoms in total. The molecule has 1 aliphatic rings. The molecule has 0 radical (unpaired) electrons. The Morgan fingerprint density at radius 1 is 1.62 bits per heavy atom. The SMILES string of the molecule is CCCC(=O)N1CCNC[C@H]1C.Cl. The van der Waals surface area contributed by atoms with Crippen molar-refractivity contribution in [1.29, 1.82) is 0 Å². The Balaban J connectivity index is 0.00000144. The van der Waals surface area contributed by atoms with Gasteiger partial charge in [-0.1, -0.05) is 6.92 Å². The van der Waals surface area contributed by atoms with Crippen LogP contribution in [0.4, 0.5) is 0 Å². The van der Waals surface area contributed by atoms with Crippen LogP contribution in [0.3, 0.4) is 0 Å². The average Bonchev–Trinajstić information content (AvgIpc) is 2.05. The zero-order valence-corrected chi connectivity index (χ0v) is 9.19. The Morgan fingerprint density at radius 3 is 2.85 bits per heavy atom. The highest BCUT2D eigenvalue weighted by Crippen LogP contribution is 2.05. The third-order valence-corrected chi connectivity index (χ3v) is 2.29. The normalized spacial score (nSPS) is 22.3. The van der Waals surface area contributed by atoms with Crippen molar-refractivity contribution < 1.29 is 4.79 Å². The quantitative estimate of drug-likeness (QED) is 0.732. The molecule has 4 heteroatoms. The van der Waals surface area contributed by atoms with Gasteiger partial charge in [-0.15, -0.1) is 12.4 Å². The number of piperazine rings is 1. The molecule has 13 heavy (non-hydrogen) atoms. The molecule has 1 atom stereocenters. The summed E-state index contributed by atoms with van der Waals surface area (Å²) in [6.45, 7) is 6.90. The largest absolute Gasteiger partial charge is 0.337 e. The van der Waals surface area contributed by atoms with E-state index in [2.05, 4.69) is 12.2 Å². The van der Waals surface area contributed by atoms with Gasteiger partial charge in [-0.25, -0.2) is 0 Å². The van der Waals surface area contributed by atoms with E-state index in [9.17, 15) is 4.79 Å². The molecule has 0 aromatic carbocycles. The van der Waals surface area contributed by atoms with Gasteiger partial charge in [0.05, 0.1) is 0 Å². The van der Waals surface area contributed by atoms with Crippen molar-refractivity contribution in [2.45, 2.75) is 32.7 Å². The zero-order valence-electron chi connectivity index (χ0n) is 8.38. The third-order valence-electron chi connectivity index (χ3n) is 2.29. The van der Waals surface area contributed by atoms with Crippen molar-refractivity contribution in [3.8, 4) is 0 Å². The molecule has 0 aromatic heterocycles. The van der Waals surface area contributed by atoms with Gasteiger partial charge in [0, 0.05) is 32.1 Å². The van der Waals surface area contributed by atoms with E-state index >= 15 is 0 Å². The monoisotopic (exact) mass is 206 g/mol. The Bertz CT molecular complexity index is 164. The van der Waals surface area contributed by atoms with Gasteiger partial charge in [0.1, 0.15) is 0 Å². The van der Waals surface area contributed by atoms with Crippen LogP contribution in [0.5, 0.6) is 0 Å². The summed E-state index contributed by atoms with van der Waals surface area (Å²) in [6.07, 6.45) is 1.65. The molecule has 78 valence electrons. The molecule has 1 rings (SSSR count). The molecule has 0 aromatic rings. The Kier molecular flexibility index (Phi) is 6.08. The fourth-order valence-electron chi connectivity index (χ4n) is 1.57. The number of nitrogens with zero attached hydrogens (tertiary/aromatic N) is 1. The Morgan fingerprint density at radius 2 is 2.31 bits per heavy atom. The summed E-state index contributed by atoms with van der Waals surface area (Å²) in [6, 6.07) is 0.373. The fourth-order valence-corrected chi connectivity index (χ4v) is 1.57. The van der Waals surface area contributed by atoms with E-state index in [1.807, 2.05) is 11.8 Å². The minimum atomic E-state index is 0. The van der Waals surface area contributed by atoms with E-state index in [-0.39, 0.29) is 12.4 Å². The van der Waals surface area contributed by atoms with Crippen LogP contribution in [-0.4, -0.2) is 36.5 Å². The first kappa shape index (κ1) is 12.7. The van der Waals surface area contributed by atoms with Gasteiger partial charge in [-0.05, 0) is 13.3 Å². The van der Waals surface area contributed by atoms with Crippen LogP contribution in [-0.2, 0) is 4.79 Å². The first-order valence-electron chi connectivity index (χ1n) is 4.76. The highest BCUT2D eigenvalue weighted by Gasteiger charge is 2.21. The molecule has 1 aliphatic heterocycles. The Labute approximate surface area is 86.3 Å². The number of rotatable bonds is 2. The molecule has 0 bridgehead atoms. The molecule has 0 spiro atoms. The van der Waals surface area contributed by atoms with E-state index in [1.54, 1.807) is 0 Å². The first-order valence-corrected chi connectivity index (χ1v) is 4.76. The number of carbonyl (C=O) groups is 1. The molecule has 1 saturated heterocycles. The van der Waals surface area contributed by atoms with Crippen molar-refractivity contribution in [3.63, 3.8) is 0 Å². The molecule has 0 saturated carbocycles. The summed E-state index contributed by atoms with van der Waals surface area (Å²) in [5.74, 6) is 0.312. The second-order valence-corrected chi connectivity index (χ2v) is 3.39. The molecule has 1 heterocycles. The number of halogens is 1. The highest BCUT2D eigenvalue weighted by molar-refractivity contribution is 5.85. The van der Waals surface area contributed by atoms with Gasteiger partial charge in [0.2, 0.25) is 5.91 Å². The summed E-state index contributed by atoms with van der Waals surface area (Å²) < 4.78 is 0. The number of carbonyl (C=O) groups excluding carboxylic acids is 1. The predicted octanol–water partition coefficient (Wildman–Crippen LogP) is 1.03. The lowest BCUT2D eigenvalue weighted by atomic mass is 10.2. The average molecular weight is 207 g/mol. The van der Waals surface area contributed by atoms with Crippen LogP contribution < -0.4 is 5.32 Å². The molecular formula is C9H19ClN2O. The second kappa shape index (κ2) is 6.22. The maximum Gasteiger partial charge on any atom is 0.222 e. The number of nitrogens with one attached hydrogen (secondary N) is 1. The summed E-state index contributed by atoms with van der Waals surface area (Å²) in [5.41, 5.74) is 0. The molecule has 0 aliphatic carbocycles. The van der Waals surface area contributed by atoms with E-state index < -0.39 is 0 Å². The lowest BCUT2D eigenvalue weighted by Gasteiger charge is -2.34. The molecule has 1 fully saturated rings. The van der Waals surface area contributed by atoms with Crippen molar-refractivity contribution >= 4 is 18.3 Å². The minimum Gasteiger partial charge on any atom is -0.337 e. The number of amides is 1. The minimum absolute atomic E-state index is 0. The molecular weight excluding hydrogens is 188 g/mol. The molecule has 1 amide bonds. The van der Waals surface area contributed by atoms with Gasteiger partial charge in [0.15, 0.2) is 0 Å². The van der Waals surface area contributed by atoms with Crippen LogP contribution in [0.2, 0.25) is 0 Å². The van der Waals surface area contributed by atoms with Crippen LogP contribution >= 0.6 is 12.4 Å². The topological polar surface area (TPSA) is 32.3 Å². The van der Waals surface area contributed by atoms with E-state index in [0.717, 1.165) is 26.1 Å². The maximum atomic E-state index is 11.5. The van der Waals surface area contributed by atoms with E-state index in [0.29, 0.717) is 18.4 Å². The maximum absolute atomic E-state index is 11.5. The second-order valence-electron chi connectivity index (χ2n) is 3.39. The number of hydrogen-bond acceptors (Lipinski definition) is 2. The smallest absolute Gasteiger partial charge is 0.222 e. The van der Waals surface area contributed by atoms with E-state index in [4.69, 9.17) is 0 Å². The van der Waals surface area contributed by atoms with E-state index in [1.165, 1.54) is 0 Å². The van der Waals surface area contributed by atoms with Crippen LogP contribution in [0.25, 0.3) is 0 Å². The van der Waals surface area contributed by atoms with Crippen molar-refractivity contribution in [2.75, 3.05) is 19.6 Å². The summed E-state index contributed by atoms with van der Waals surface area (Å²) in [4.78, 5) is 13.5. The lowest BCUT2D eigenvalue weighted by molar-refractivity contribution is -0.133. The van der Waals surface area contributed by atoms with Crippen LogP contribution in [0.15, 0.2) is 0 Å². The van der Waals surface area contributed by atoms with Crippen molar-refractivity contribution in [2.24, 2.45) is 0 Å². The Hall–Kier alpha value is -0.280. The summed E-state index contributed by atoms with van der Waals surface area (Å²) in [7, 11) is 0. The third kappa shape index (κ3) is 3.53.